The summed E-state index contributed by atoms with van der Waals surface area (Å²) in [5.41, 5.74) is 1.28. The molecule has 1 saturated heterocycles. The molecule has 0 spiro atoms. The molecule has 1 aromatic carbocycles. The summed E-state index contributed by atoms with van der Waals surface area (Å²) >= 11 is 0. The number of benzene rings is 1. The Kier molecular flexibility index (Phi) is 2.69. The molecule has 1 aromatic heterocycles. The quantitative estimate of drug-likeness (QED) is 0.773. The van der Waals surface area contributed by atoms with Gasteiger partial charge in [-0.25, -0.2) is 18.4 Å². The molecule has 3 N–H and O–H groups in total. The van der Waals surface area contributed by atoms with Gasteiger partial charge in [-0.15, -0.1) is 0 Å². The predicted octanol–water partition coefficient (Wildman–Crippen LogP) is -0.485. The van der Waals surface area contributed by atoms with Crippen LogP contribution >= 0.6 is 0 Å². The van der Waals surface area contributed by atoms with Crippen LogP contribution in [0.2, 0.25) is 0 Å². The predicted molar refractivity (Wildman–Crippen MR) is 70.7 cm³/mol. The molecular weight excluding hydrogens is 286 g/mol. The molecule has 0 bridgehead atoms. The number of rotatable bonds is 2. The van der Waals surface area contributed by atoms with Crippen LogP contribution in [-0.2, 0) is 14.8 Å². The van der Waals surface area contributed by atoms with Crippen molar-refractivity contribution in [3.8, 4) is 0 Å². The largest absolute Gasteiger partial charge is 0.417 e. The van der Waals surface area contributed by atoms with Crippen molar-refractivity contribution >= 4 is 32.7 Å². The van der Waals surface area contributed by atoms with E-state index in [2.05, 4.69) is 4.98 Å². The van der Waals surface area contributed by atoms with E-state index in [0.717, 1.165) is 0 Å². The average molecular weight is 297 g/mol. The normalized spacial score (nSPS) is 19.9. The fraction of sp³-hybridized carbons (Fsp3) is 0.273. The Morgan fingerprint density at radius 3 is 2.75 bits per heavy atom. The van der Waals surface area contributed by atoms with Gasteiger partial charge in [0.1, 0.15) is 5.25 Å². The summed E-state index contributed by atoms with van der Waals surface area (Å²) in [6, 6.07) is 4.71. The van der Waals surface area contributed by atoms with Crippen molar-refractivity contribution < 1.29 is 17.6 Å². The number of oxazole rings is 1. The van der Waals surface area contributed by atoms with Crippen molar-refractivity contribution in [2.75, 3.05) is 11.4 Å². The Morgan fingerprint density at radius 2 is 2.10 bits per heavy atom. The van der Waals surface area contributed by atoms with Gasteiger partial charge in [-0.1, -0.05) is 0 Å². The Labute approximate surface area is 113 Å². The SMILES string of the molecule is NS(=O)(=O)C1CC(=O)N(c2ccc3[nH]c(=O)oc3c2)C1. The van der Waals surface area contributed by atoms with Crippen LogP contribution in [0, 0.1) is 0 Å². The van der Waals surface area contributed by atoms with Crippen molar-refractivity contribution in [1.29, 1.82) is 0 Å². The highest BCUT2D eigenvalue weighted by atomic mass is 32.2. The van der Waals surface area contributed by atoms with E-state index in [9.17, 15) is 18.0 Å². The highest BCUT2D eigenvalue weighted by molar-refractivity contribution is 7.89. The molecule has 0 radical (unpaired) electrons. The minimum atomic E-state index is -3.76. The molecule has 1 aliphatic heterocycles. The van der Waals surface area contributed by atoms with Gasteiger partial charge in [0, 0.05) is 24.7 Å². The molecule has 2 heterocycles. The minimum absolute atomic E-state index is 0.00215. The number of hydrogen-bond donors (Lipinski definition) is 2. The molecule has 0 saturated carbocycles. The monoisotopic (exact) mass is 297 g/mol. The summed E-state index contributed by atoms with van der Waals surface area (Å²) < 4.78 is 27.5. The fourth-order valence-corrected chi connectivity index (χ4v) is 2.98. The molecule has 0 aliphatic carbocycles. The molecule has 1 fully saturated rings. The number of aromatic nitrogens is 1. The molecule has 2 aromatic rings. The number of aromatic amines is 1. The molecule has 1 aliphatic rings. The van der Waals surface area contributed by atoms with E-state index in [1.165, 1.54) is 11.0 Å². The lowest BCUT2D eigenvalue weighted by Crippen LogP contribution is -2.32. The molecule has 9 heteroatoms. The fourth-order valence-electron chi connectivity index (χ4n) is 2.25. The number of anilines is 1. The first-order valence-electron chi connectivity index (χ1n) is 5.79. The third-order valence-corrected chi connectivity index (χ3v) is 4.52. The molecule has 106 valence electrons. The summed E-state index contributed by atoms with van der Waals surface area (Å²) in [4.78, 5) is 26.7. The maximum Gasteiger partial charge on any atom is 0.417 e. The summed E-state index contributed by atoms with van der Waals surface area (Å²) in [6.45, 7) is -0.00215. The number of sulfonamides is 1. The third kappa shape index (κ3) is 2.10. The maximum atomic E-state index is 11.9. The van der Waals surface area contributed by atoms with Gasteiger partial charge in [-0.05, 0) is 12.1 Å². The van der Waals surface area contributed by atoms with Gasteiger partial charge < -0.3 is 9.32 Å². The number of hydrogen-bond acceptors (Lipinski definition) is 5. The number of amides is 1. The van der Waals surface area contributed by atoms with E-state index >= 15 is 0 Å². The molecule has 1 amide bonds. The maximum absolute atomic E-state index is 11.9. The number of carbonyl (C=O) groups is 1. The van der Waals surface area contributed by atoms with Crippen LogP contribution in [0.15, 0.2) is 27.4 Å². The van der Waals surface area contributed by atoms with Gasteiger partial charge in [-0.3, -0.25) is 9.78 Å². The highest BCUT2D eigenvalue weighted by Gasteiger charge is 2.37. The summed E-state index contributed by atoms with van der Waals surface area (Å²) in [5, 5.41) is 4.15. The number of nitrogens with two attached hydrogens (primary N) is 1. The summed E-state index contributed by atoms with van der Waals surface area (Å²) in [6.07, 6.45) is -0.145. The first-order valence-corrected chi connectivity index (χ1v) is 7.40. The smallest absolute Gasteiger partial charge is 0.408 e. The molecular formula is C11H11N3O5S. The topological polar surface area (TPSA) is 126 Å². The number of H-pyrrole nitrogens is 1. The molecule has 20 heavy (non-hydrogen) atoms. The van der Waals surface area contributed by atoms with E-state index in [0.29, 0.717) is 16.8 Å². The Bertz CT molecular complexity index is 850. The van der Waals surface area contributed by atoms with E-state index in [-0.39, 0.29) is 18.9 Å². The van der Waals surface area contributed by atoms with Crippen molar-refractivity contribution in [2.24, 2.45) is 5.14 Å². The highest BCUT2D eigenvalue weighted by Crippen LogP contribution is 2.26. The number of carbonyl (C=O) groups excluding carboxylic acids is 1. The molecule has 1 unspecified atom stereocenters. The van der Waals surface area contributed by atoms with E-state index in [4.69, 9.17) is 9.56 Å². The van der Waals surface area contributed by atoms with E-state index in [1.54, 1.807) is 12.1 Å². The van der Waals surface area contributed by atoms with Crippen LogP contribution in [0.4, 0.5) is 5.69 Å². The van der Waals surface area contributed by atoms with Crippen LogP contribution in [0.3, 0.4) is 0 Å². The second-order valence-corrected chi connectivity index (χ2v) is 6.46. The van der Waals surface area contributed by atoms with Gasteiger partial charge in [0.2, 0.25) is 15.9 Å². The Morgan fingerprint density at radius 1 is 1.35 bits per heavy atom. The van der Waals surface area contributed by atoms with E-state index in [1.807, 2.05) is 0 Å². The molecule has 8 nitrogen and oxygen atoms in total. The average Bonchev–Trinajstić information content (AvgIpc) is 2.89. The zero-order valence-corrected chi connectivity index (χ0v) is 11.0. The van der Waals surface area contributed by atoms with Gasteiger partial charge >= 0.3 is 5.76 Å². The van der Waals surface area contributed by atoms with Gasteiger partial charge in [0.25, 0.3) is 0 Å². The third-order valence-electron chi connectivity index (χ3n) is 3.27. The van der Waals surface area contributed by atoms with E-state index < -0.39 is 21.0 Å². The summed E-state index contributed by atoms with van der Waals surface area (Å²) in [7, 11) is -3.76. The first-order chi connectivity index (χ1) is 9.34. The Hall–Kier alpha value is -2.13. The second-order valence-electron chi connectivity index (χ2n) is 4.61. The lowest BCUT2D eigenvalue weighted by molar-refractivity contribution is -0.117. The number of nitrogens with one attached hydrogen (secondary N) is 1. The molecule has 1 atom stereocenters. The van der Waals surface area contributed by atoms with Gasteiger partial charge in [0.05, 0.1) is 5.52 Å². The van der Waals surface area contributed by atoms with Gasteiger partial charge in [-0.2, -0.15) is 0 Å². The van der Waals surface area contributed by atoms with Crippen LogP contribution < -0.4 is 15.8 Å². The van der Waals surface area contributed by atoms with Crippen LogP contribution in [0.25, 0.3) is 11.1 Å². The lowest BCUT2D eigenvalue weighted by atomic mass is 10.2. The first kappa shape index (κ1) is 12.9. The Balaban J connectivity index is 1.99. The zero-order valence-electron chi connectivity index (χ0n) is 10.2. The van der Waals surface area contributed by atoms with Crippen molar-refractivity contribution in [3.63, 3.8) is 0 Å². The second kappa shape index (κ2) is 4.18. The number of nitrogens with zero attached hydrogens (tertiary/aromatic N) is 1. The number of primary sulfonamides is 1. The zero-order chi connectivity index (χ0) is 14.5. The van der Waals surface area contributed by atoms with Crippen LogP contribution in [0.5, 0.6) is 0 Å². The van der Waals surface area contributed by atoms with Crippen LogP contribution in [0.1, 0.15) is 6.42 Å². The lowest BCUT2D eigenvalue weighted by Gasteiger charge is -2.15. The van der Waals surface area contributed by atoms with Gasteiger partial charge in [0.15, 0.2) is 5.58 Å². The van der Waals surface area contributed by atoms with Crippen molar-refractivity contribution in [1.82, 2.24) is 4.98 Å². The standard InChI is InChI=1S/C11H11N3O5S/c12-20(17,18)7-4-10(15)14(5-7)6-1-2-8-9(3-6)19-11(16)13-8/h1-3,7H,4-5H2,(H,13,16)(H2,12,17,18). The summed E-state index contributed by atoms with van der Waals surface area (Å²) in [5.74, 6) is -0.923. The van der Waals surface area contributed by atoms with Crippen LogP contribution in [-0.4, -0.2) is 31.1 Å². The molecule has 3 rings (SSSR count). The van der Waals surface area contributed by atoms with Crippen molar-refractivity contribution in [2.45, 2.75) is 11.7 Å². The number of fused-ring (bicyclic) bond motifs is 1. The minimum Gasteiger partial charge on any atom is -0.408 e. The van der Waals surface area contributed by atoms with Crippen molar-refractivity contribution in [3.05, 3.63) is 28.7 Å².